The molecular weight excluding hydrogens is 210 g/mol. The van der Waals surface area contributed by atoms with Gasteiger partial charge in [0.2, 0.25) is 0 Å². The molecule has 0 amide bonds. The molecule has 0 radical (unpaired) electrons. The molecule has 2 unspecified atom stereocenters. The quantitative estimate of drug-likeness (QED) is 0.831. The summed E-state index contributed by atoms with van der Waals surface area (Å²) in [7, 11) is 0. The third kappa shape index (κ3) is 2.94. The van der Waals surface area contributed by atoms with Crippen LogP contribution in [0.1, 0.15) is 43.4 Å². The second kappa shape index (κ2) is 5.50. The van der Waals surface area contributed by atoms with Crippen LogP contribution in [0, 0.1) is 0 Å². The molecule has 1 aromatic carbocycles. The highest BCUT2D eigenvalue weighted by molar-refractivity contribution is 6.31. The summed E-state index contributed by atoms with van der Waals surface area (Å²) in [5.41, 5.74) is 7.30. The van der Waals surface area contributed by atoms with E-state index in [0.29, 0.717) is 10.9 Å². The SMILES string of the molecule is CCC(C)c1ccc(C(O)CN)cc1Cl. The van der Waals surface area contributed by atoms with Crippen molar-refractivity contribution >= 4 is 11.6 Å². The first-order valence-corrected chi connectivity index (χ1v) is 5.65. The van der Waals surface area contributed by atoms with Crippen molar-refractivity contribution in [3.8, 4) is 0 Å². The van der Waals surface area contributed by atoms with Gasteiger partial charge in [-0.3, -0.25) is 0 Å². The molecule has 0 aromatic heterocycles. The van der Waals surface area contributed by atoms with Gasteiger partial charge in [0.25, 0.3) is 0 Å². The van der Waals surface area contributed by atoms with Crippen LogP contribution in [0.25, 0.3) is 0 Å². The van der Waals surface area contributed by atoms with E-state index in [9.17, 15) is 5.11 Å². The number of aliphatic hydroxyl groups excluding tert-OH is 1. The van der Waals surface area contributed by atoms with Crippen molar-refractivity contribution in [2.75, 3.05) is 6.54 Å². The maximum Gasteiger partial charge on any atom is 0.0912 e. The molecule has 3 heteroatoms. The van der Waals surface area contributed by atoms with E-state index in [1.54, 1.807) is 6.07 Å². The van der Waals surface area contributed by atoms with Crippen LogP contribution >= 0.6 is 11.6 Å². The van der Waals surface area contributed by atoms with Crippen molar-refractivity contribution in [3.05, 3.63) is 34.3 Å². The molecule has 0 aliphatic heterocycles. The van der Waals surface area contributed by atoms with Gasteiger partial charge in [0.1, 0.15) is 0 Å². The van der Waals surface area contributed by atoms with Gasteiger partial charge in [-0.1, -0.05) is 37.6 Å². The Morgan fingerprint density at radius 3 is 2.60 bits per heavy atom. The van der Waals surface area contributed by atoms with E-state index in [4.69, 9.17) is 17.3 Å². The number of rotatable bonds is 4. The summed E-state index contributed by atoms with van der Waals surface area (Å²) in [4.78, 5) is 0. The van der Waals surface area contributed by atoms with Crippen molar-refractivity contribution < 1.29 is 5.11 Å². The highest BCUT2D eigenvalue weighted by atomic mass is 35.5. The fraction of sp³-hybridized carbons (Fsp3) is 0.500. The maximum atomic E-state index is 9.56. The minimum Gasteiger partial charge on any atom is -0.387 e. The van der Waals surface area contributed by atoms with Crippen molar-refractivity contribution in [1.82, 2.24) is 0 Å². The Kier molecular flexibility index (Phi) is 4.58. The molecule has 0 fully saturated rings. The third-order valence-electron chi connectivity index (χ3n) is 2.78. The molecule has 84 valence electrons. The van der Waals surface area contributed by atoms with Crippen molar-refractivity contribution in [1.29, 1.82) is 0 Å². The van der Waals surface area contributed by atoms with Gasteiger partial charge in [-0.2, -0.15) is 0 Å². The Labute approximate surface area is 96.1 Å². The van der Waals surface area contributed by atoms with E-state index >= 15 is 0 Å². The number of nitrogens with two attached hydrogens (primary N) is 1. The predicted octanol–water partition coefficient (Wildman–Crippen LogP) is 2.85. The Morgan fingerprint density at radius 2 is 2.13 bits per heavy atom. The van der Waals surface area contributed by atoms with E-state index in [-0.39, 0.29) is 6.54 Å². The van der Waals surface area contributed by atoms with E-state index < -0.39 is 6.10 Å². The summed E-state index contributed by atoms with van der Waals surface area (Å²) in [5.74, 6) is 0.446. The number of hydrogen-bond donors (Lipinski definition) is 2. The highest BCUT2D eigenvalue weighted by Gasteiger charge is 2.11. The van der Waals surface area contributed by atoms with Crippen LogP contribution in [-0.2, 0) is 0 Å². The van der Waals surface area contributed by atoms with E-state index in [1.165, 1.54) is 0 Å². The minimum atomic E-state index is -0.617. The maximum absolute atomic E-state index is 9.56. The van der Waals surface area contributed by atoms with Gasteiger partial charge in [0, 0.05) is 11.6 Å². The summed E-state index contributed by atoms with van der Waals surface area (Å²) < 4.78 is 0. The molecule has 0 aliphatic rings. The molecule has 1 aromatic rings. The Balaban J connectivity index is 2.97. The monoisotopic (exact) mass is 227 g/mol. The first-order chi connectivity index (χ1) is 7.10. The lowest BCUT2D eigenvalue weighted by atomic mass is 9.96. The molecule has 0 heterocycles. The zero-order chi connectivity index (χ0) is 11.4. The summed E-state index contributed by atoms with van der Waals surface area (Å²) in [6, 6.07) is 5.68. The second-order valence-corrected chi connectivity index (χ2v) is 4.25. The van der Waals surface area contributed by atoms with Gasteiger partial charge < -0.3 is 10.8 Å². The second-order valence-electron chi connectivity index (χ2n) is 3.84. The van der Waals surface area contributed by atoms with Gasteiger partial charge in [-0.15, -0.1) is 0 Å². The van der Waals surface area contributed by atoms with Gasteiger partial charge in [-0.05, 0) is 29.5 Å². The van der Waals surface area contributed by atoms with Crippen molar-refractivity contribution in [2.24, 2.45) is 5.73 Å². The largest absolute Gasteiger partial charge is 0.387 e. The van der Waals surface area contributed by atoms with Gasteiger partial charge in [0.15, 0.2) is 0 Å². The van der Waals surface area contributed by atoms with Gasteiger partial charge in [-0.25, -0.2) is 0 Å². The van der Waals surface area contributed by atoms with Crippen LogP contribution in [0.2, 0.25) is 5.02 Å². The number of benzene rings is 1. The van der Waals surface area contributed by atoms with Crippen LogP contribution in [-0.4, -0.2) is 11.7 Å². The fourth-order valence-corrected chi connectivity index (χ4v) is 1.88. The average molecular weight is 228 g/mol. The average Bonchev–Trinajstić information content (AvgIpc) is 2.26. The topological polar surface area (TPSA) is 46.2 Å². The zero-order valence-corrected chi connectivity index (χ0v) is 9.96. The van der Waals surface area contributed by atoms with Crippen LogP contribution < -0.4 is 5.73 Å². The smallest absolute Gasteiger partial charge is 0.0912 e. The summed E-state index contributed by atoms with van der Waals surface area (Å²) in [5, 5.41) is 10.3. The molecule has 0 spiro atoms. The lowest BCUT2D eigenvalue weighted by molar-refractivity contribution is 0.186. The first-order valence-electron chi connectivity index (χ1n) is 5.27. The predicted molar refractivity (Wildman–Crippen MR) is 64.2 cm³/mol. The summed E-state index contributed by atoms with van der Waals surface area (Å²) in [6.45, 7) is 4.49. The number of halogens is 1. The number of aliphatic hydroxyl groups is 1. The zero-order valence-electron chi connectivity index (χ0n) is 9.20. The van der Waals surface area contributed by atoms with Crippen LogP contribution in [0.4, 0.5) is 0 Å². The molecule has 0 bridgehead atoms. The van der Waals surface area contributed by atoms with Crippen LogP contribution in [0.5, 0.6) is 0 Å². The highest BCUT2D eigenvalue weighted by Crippen LogP contribution is 2.29. The first kappa shape index (κ1) is 12.5. The van der Waals surface area contributed by atoms with Crippen LogP contribution in [0.3, 0.4) is 0 Å². The Morgan fingerprint density at radius 1 is 1.47 bits per heavy atom. The van der Waals surface area contributed by atoms with E-state index in [1.807, 2.05) is 12.1 Å². The third-order valence-corrected chi connectivity index (χ3v) is 3.10. The molecule has 0 saturated carbocycles. The Hall–Kier alpha value is -0.570. The molecule has 3 N–H and O–H groups in total. The molecule has 2 nitrogen and oxygen atoms in total. The fourth-order valence-electron chi connectivity index (χ4n) is 1.51. The van der Waals surface area contributed by atoms with Gasteiger partial charge in [0.05, 0.1) is 6.10 Å². The minimum absolute atomic E-state index is 0.221. The van der Waals surface area contributed by atoms with Crippen LogP contribution in [0.15, 0.2) is 18.2 Å². The molecule has 0 saturated heterocycles. The molecule has 0 aliphatic carbocycles. The molecule has 1 rings (SSSR count). The number of hydrogen-bond acceptors (Lipinski definition) is 2. The van der Waals surface area contributed by atoms with E-state index in [0.717, 1.165) is 17.5 Å². The Bertz CT molecular complexity index is 327. The normalized spacial score (nSPS) is 15.0. The summed E-state index contributed by atoms with van der Waals surface area (Å²) in [6.07, 6.45) is 0.437. The van der Waals surface area contributed by atoms with E-state index in [2.05, 4.69) is 13.8 Å². The lowest BCUT2D eigenvalue weighted by Crippen LogP contribution is -2.11. The molecular formula is C12H18ClNO. The lowest BCUT2D eigenvalue weighted by Gasteiger charge is -2.14. The molecule has 2 atom stereocenters. The standard InChI is InChI=1S/C12H18ClNO/c1-3-8(2)10-5-4-9(6-11(10)13)12(15)7-14/h4-6,8,12,15H,3,7,14H2,1-2H3. The molecule has 15 heavy (non-hydrogen) atoms. The van der Waals surface area contributed by atoms with Gasteiger partial charge >= 0.3 is 0 Å². The van der Waals surface area contributed by atoms with Crippen molar-refractivity contribution in [3.63, 3.8) is 0 Å². The van der Waals surface area contributed by atoms with Crippen molar-refractivity contribution in [2.45, 2.75) is 32.3 Å². The summed E-state index contributed by atoms with van der Waals surface area (Å²) >= 11 is 6.15.